The fraction of sp³-hybridized carbons (Fsp3) is 0.286. The number of hydrogen-bond acceptors (Lipinski definition) is 8. The number of thioether (sulfide) groups is 1. The number of aryl methyl sites for hydroxylation is 1. The van der Waals surface area contributed by atoms with Crippen LogP contribution in [0, 0.1) is 0 Å². The van der Waals surface area contributed by atoms with Crippen molar-refractivity contribution in [3.8, 4) is 5.75 Å². The first-order valence-corrected chi connectivity index (χ1v) is 8.84. The van der Waals surface area contributed by atoms with Gasteiger partial charge in [-0.05, 0) is 19.1 Å². The molecule has 1 aromatic carbocycles. The molecule has 0 fully saturated rings. The molecule has 0 aliphatic rings. The monoisotopic (exact) mass is 348 g/mol. The van der Waals surface area contributed by atoms with E-state index >= 15 is 0 Å². The summed E-state index contributed by atoms with van der Waals surface area (Å²) in [6.45, 7) is 2.58. The van der Waals surface area contributed by atoms with E-state index in [0.29, 0.717) is 12.4 Å². The molecule has 7 nitrogen and oxygen atoms in total. The number of nitrogens with zero attached hydrogens (tertiary/aromatic N) is 5. The van der Waals surface area contributed by atoms with Crippen LogP contribution in [0.4, 0.5) is 10.8 Å². The molecule has 0 amide bonds. The maximum absolute atomic E-state index is 5.60. The molecule has 0 spiro atoms. The number of hydrogen-bond donors (Lipinski definition) is 1. The van der Waals surface area contributed by atoms with E-state index in [1.165, 1.54) is 11.3 Å². The van der Waals surface area contributed by atoms with Gasteiger partial charge in [0.05, 0.1) is 18.0 Å². The van der Waals surface area contributed by atoms with Gasteiger partial charge in [0.1, 0.15) is 17.9 Å². The van der Waals surface area contributed by atoms with Crippen LogP contribution >= 0.6 is 23.1 Å². The summed E-state index contributed by atoms with van der Waals surface area (Å²) >= 11 is 3.09. The fourth-order valence-corrected chi connectivity index (χ4v) is 3.61. The van der Waals surface area contributed by atoms with Crippen molar-refractivity contribution in [3.05, 3.63) is 36.4 Å². The summed E-state index contributed by atoms with van der Waals surface area (Å²) in [4.78, 5) is 4.19. The molecule has 0 bridgehead atoms. The normalized spacial score (nSPS) is 10.7. The van der Waals surface area contributed by atoms with Gasteiger partial charge in [0.25, 0.3) is 0 Å². The predicted octanol–water partition coefficient (Wildman–Crippen LogP) is 3.10. The molecule has 3 rings (SSSR count). The van der Waals surface area contributed by atoms with Gasteiger partial charge in [-0.1, -0.05) is 35.2 Å². The SMILES string of the molecule is CCOc1ccccc1Nc1nnc(SCc2ncnn2C)s1. The van der Waals surface area contributed by atoms with Gasteiger partial charge in [-0.25, -0.2) is 4.98 Å². The minimum Gasteiger partial charge on any atom is -0.492 e. The molecule has 9 heteroatoms. The van der Waals surface area contributed by atoms with Crippen LogP contribution in [0.15, 0.2) is 34.9 Å². The van der Waals surface area contributed by atoms with Gasteiger partial charge in [-0.2, -0.15) is 5.10 Å². The molecule has 2 heterocycles. The number of benzene rings is 1. The summed E-state index contributed by atoms with van der Waals surface area (Å²) < 4.78 is 8.23. The fourth-order valence-electron chi connectivity index (χ4n) is 1.86. The zero-order valence-corrected chi connectivity index (χ0v) is 14.4. The molecule has 0 saturated carbocycles. The summed E-state index contributed by atoms with van der Waals surface area (Å²) in [6.07, 6.45) is 1.55. The molecule has 0 aliphatic heterocycles. The molecule has 0 radical (unpaired) electrons. The predicted molar refractivity (Wildman–Crippen MR) is 91.4 cm³/mol. The Morgan fingerprint density at radius 3 is 2.96 bits per heavy atom. The lowest BCUT2D eigenvalue weighted by molar-refractivity contribution is 0.342. The number of rotatable bonds is 7. The molecule has 120 valence electrons. The molecule has 0 aliphatic carbocycles. The highest BCUT2D eigenvalue weighted by atomic mass is 32.2. The summed E-state index contributed by atoms with van der Waals surface area (Å²) in [5.41, 5.74) is 0.885. The lowest BCUT2D eigenvalue weighted by atomic mass is 10.3. The Labute approximate surface area is 142 Å². The molecule has 1 N–H and O–H groups in total. The molecule has 3 aromatic rings. The lowest BCUT2D eigenvalue weighted by Crippen LogP contribution is -1.97. The van der Waals surface area contributed by atoms with Crippen molar-refractivity contribution in [1.29, 1.82) is 0 Å². The number of ether oxygens (including phenoxy) is 1. The Morgan fingerprint density at radius 2 is 2.17 bits per heavy atom. The van der Waals surface area contributed by atoms with Crippen molar-refractivity contribution < 1.29 is 4.74 Å². The third kappa shape index (κ3) is 3.99. The second-order valence-corrected chi connectivity index (χ2v) is 6.72. The summed E-state index contributed by atoms with van der Waals surface area (Å²) in [6, 6.07) is 7.78. The summed E-state index contributed by atoms with van der Waals surface area (Å²) in [5.74, 6) is 2.42. The van der Waals surface area contributed by atoms with Crippen LogP contribution in [0.5, 0.6) is 5.75 Å². The van der Waals surface area contributed by atoms with Crippen molar-refractivity contribution in [2.75, 3.05) is 11.9 Å². The van der Waals surface area contributed by atoms with Crippen molar-refractivity contribution in [3.63, 3.8) is 0 Å². The molecular formula is C14H16N6OS2. The third-order valence-corrected chi connectivity index (χ3v) is 4.93. The van der Waals surface area contributed by atoms with E-state index in [1.54, 1.807) is 22.8 Å². The van der Waals surface area contributed by atoms with Crippen molar-refractivity contribution in [2.24, 2.45) is 7.05 Å². The highest BCUT2D eigenvalue weighted by molar-refractivity contribution is 8.00. The average molecular weight is 348 g/mol. The Hall–Kier alpha value is -2.13. The second-order valence-electron chi connectivity index (χ2n) is 4.52. The van der Waals surface area contributed by atoms with Crippen LogP contribution in [0.25, 0.3) is 0 Å². The van der Waals surface area contributed by atoms with E-state index in [9.17, 15) is 0 Å². The Balaban J connectivity index is 1.64. The highest BCUT2D eigenvalue weighted by Crippen LogP contribution is 2.32. The number of para-hydroxylation sites is 2. The van der Waals surface area contributed by atoms with Crippen LogP contribution in [0.3, 0.4) is 0 Å². The lowest BCUT2D eigenvalue weighted by Gasteiger charge is -2.09. The third-order valence-electron chi connectivity index (χ3n) is 2.96. The van der Waals surface area contributed by atoms with Crippen LogP contribution in [-0.4, -0.2) is 31.6 Å². The summed E-state index contributed by atoms with van der Waals surface area (Å²) in [5, 5.41) is 16.4. The van der Waals surface area contributed by atoms with Crippen molar-refractivity contribution in [2.45, 2.75) is 17.0 Å². The van der Waals surface area contributed by atoms with Gasteiger partial charge < -0.3 is 10.1 Å². The molecular weight excluding hydrogens is 332 g/mol. The molecule has 0 saturated heterocycles. The number of anilines is 2. The van der Waals surface area contributed by atoms with Crippen LogP contribution in [-0.2, 0) is 12.8 Å². The van der Waals surface area contributed by atoms with Crippen LogP contribution in [0.2, 0.25) is 0 Å². The van der Waals surface area contributed by atoms with Gasteiger partial charge in [0, 0.05) is 7.05 Å². The standard InChI is InChI=1S/C14H16N6OS2/c1-3-21-11-7-5-4-6-10(11)17-13-18-19-14(23-13)22-8-12-15-9-16-20(12)2/h4-7,9H,3,8H2,1-2H3,(H,17,18). The Kier molecular flexibility index (Phi) is 5.09. The van der Waals surface area contributed by atoms with E-state index in [-0.39, 0.29) is 0 Å². The van der Waals surface area contributed by atoms with Crippen molar-refractivity contribution >= 4 is 33.9 Å². The first-order valence-electron chi connectivity index (χ1n) is 7.04. The molecule has 0 atom stereocenters. The maximum Gasteiger partial charge on any atom is 0.210 e. The minimum absolute atomic E-state index is 0.619. The van der Waals surface area contributed by atoms with Gasteiger partial charge in [-0.3, -0.25) is 4.68 Å². The largest absolute Gasteiger partial charge is 0.492 e. The van der Waals surface area contributed by atoms with E-state index < -0.39 is 0 Å². The van der Waals surface area contributed by atoms with Gasteiger partial charge >= 0.3 is 0 Å². The molecule has 2 aromatic heterocycles. The summed E-state index contributed by atoms with van der Waals surface area (Å²) in [7, 11) is 1.88. The quantitative estimate of drug-likeness (QED) is 0.657. The average Bonchev–Trinajstić information content (AvgIpc) is 3.16. The molecule has 0 unspecified atom stereocenters. The second kappa shape index (κ2) is 7.42. The Bertz CT molecular complexity index is 772. The molecule has 23 heavy (non-hydrogen) atoms. The van der Waals surface area contributed by atoms with Gasteiger partial charge in [-0.15, -0.1) is 10.2 Å². The maximum atomic E-state index is 5.60. The number of aromatic nitrogens is 5. The van der Waals surface area contributed by atoms with E-state index in [1.807, 2.05) is 38.2 Å². The van der Waals surface area contributed by atoms with Gasteiger partial charge in [0.15, 0.2) is 4.34 Å². The van der Waals surface area contributed by atoms with E-state index in [4.69, 9.17) is 4.74 Å². The zero-order chi connectivity index (χ0) is 16.1. The van der Waals surface area contributed by atoms with E-state index in [0.717, 1.165) is 26.7 Å². The number of nitrogens with one attached hydrogen (secondary N) is 1. The van der Waals surface area contributed by atoms with Crippen LogP contribution < -0.4 is 10.1 Å². The van der Waals surface area contributed by atoms with Gasteiger partial charge in [0.2, 0.25) is 5.13 Å². The smallest absolute Gasteiger partial charge is 0.210 e. The zero-order valence-electron chi connectivity index (χ0n) is 12.8. The van der Waals surface area contributed by atoms with Crippen LogP contribution in [0.1, 0.15) is 12.7 Å². The topological polar surface area (TPSA) is 77.8 Å². The van der Waals surface area contributed by atoms with Crippen molar-refractivity contribution in [1.82, 2.24) is 25.0 Å². The minimum atomic E-state index is 0.619. The highest BCUT2D eigenvalue weighted by Gasteiger charge is 2.09. The Morgan fingerprint density at radius 1 is 1.30 bits per heavy atom. The first-order chi connectivity index (χ1) is 11.3. The first kappa shape index (κ1) is 15.8. The van der Waals surface area contributed by atoms with E-state index in [2.05, 4.69) is 25.6 Å².